The molecule has 3 saturated heterocycles. The normalized spacial score (nSPS) is 24.0. The van der Waals surface area contributed by atoms with Crippen molar-refractivity contribution < 1.29 is 9.59 Å². The fourth-order valence-corrected chi connectivity index (χ4v) is 3.46. The minimum atomic E-state index is -0.0102. The Morgan fingerprint density at radius 1 is 1.14 bits per heavy atom. The third kappa shape index (κ3) is 3.24. The third-order valence-electron chi connectivity index (χ3n) is 4.71. The van der Waals surface area contributed by atoms with E-state index in [0.717, 1.165) is 31.5 Å². The number of rotatable bonds is 2. The highest BCUT2D eigenvalue weighted by Crippen LogP contribution is 2.28. The van der Waals surface area contributed by atoms with Crippen molar-refractivity contribution >= 4 is 11.9 Å². The van der Waals surface area contributed by atoms with Gasteiger partial charge in [-0.1, -0.05) is 30.3 Å². The van der Waals surface area contributed by atoms with E-state index in [9.17, 15) is 9.59 Å². The Morgan fingerprint density at radius 3 is 2.64 bits per heavy atom. The summed E-state index contributed by atoms with van der Waals surface area (Å²) in [5, 5.41) is 3.01. The number of carbonyl (C=O) groups is 2. The lowest BCUT2D eigenvalue weighted by atomic mass is 9.95. The topological polar surface area (TPSA) is 52.7 Å². The van der Waals surface area contributed by atoms with E-state index in [1.54, 1.807) is 6.92 Å². The largest absolute Gasteiger partial charge is 0.341 e. The van der Waals surface area contributed by atoms with Crippen LogP contribution < -0.4 is 5.32 Å². The van der Waals surface area contributed by atoms with Gasteiger partial charge in [0.15, 0.2) is 0 Å². The minimum absolute atomic E-state index is 0.0102. The van der Waals surface area contributed by atoms with E-state index < -0.39 is 0 Å². The van der Waals surface area contributed by atoms with Crippen LogP contribution in [-0.2, 0) is 11.3 Å². The molecule has 118 valence electrons. The van der Waals surface area contributed by atoms with Gasteiger partial charge in [0, 0.05) is 33.1 Å². The average Bonchev–Trinajstić information content (AvgIpc) is 2.85. The van der Waals surface area contributed by atoms with Gasteiger partial charge in [0.25, 0.3) is 0 Å². The second kappa shape index (κ2) is 6.38. The van der Waals surface area contributed by atoms with E-state index in [1.165, 1.54) is 0 Å². The second-order valence-electron chi connectivity index (χ2n) is 6.32. The summed E-state index contributed by atoms with van der Waals surface area (Å²) in [6.07, 6.45) is 2.10. The van der Waals surface area contributed by atoms with E-state index in [0.29, 0.717) is 19.0 Å². The molecule has 3 fully saturated rings. The van der Waals surface area contributed by atoms with Crippen molar-refractivity contribution in [2.75, 3.05) is 19.6 Å². The smallest absolute Gasteiger partial charge is 0.317 e. The number of carbonyl (C=O) groups excluding carboxylic acids is 2. The van der Waals surface area contributed by atoms with Gasteiger partial charge < -0.3 is 15.1 Å². The molecule has 0 aliphatic carbocycles. The van der Waals surface area contributed by atoms with Crippen molar-refractivity contribution in [1.29, 1.82) is 0 Å². The minimum Gasteiger partial charge on any atom is -0.341 e. The van der Waals surface area contributed by atoms with E-state index in [1.807, 2.05) is 40.1 Å². The fourth-order valence-electron chi connectivity index (χ4n) is 3.46. The maximum Gasteiger partial charge on any atom is 0.317 e. The molecule has 0 saturated carbocycles. The van der Waals surface area contributed by atoms with Gasteiger partial charge in [0.2, 0.25) is 5.91 Å². The fraction of sp³-hybridized carbons (Fsp3) is 0.529. The molecular formula is C17H23N3O2. The highest BCUT2D eigenvalue weighted by atomic mass is 16.2. The number of nitrogens with one attached hydrogen (secondary N) is 1. The molecule has 2 bridgehead atoms. The van der Waals surface area contributed by atoms with Crippen molar-refractivity contribution in [3.05, 3.63) is 35.9 Å². The van der Waals surface area contributed by atoms with Crippen molar-refractivity contribution in [2.45, 2.75) is 32.4 Å². The van der Waals surface area contributed by atoms with Crippen LogP contribution in [0.5, 0.6) is 0 Å². The standard InChI is InChI=1S/C17H23N3O2/c1-13(21)19-10-15-7-8-16(12-19)20(11-15)17(22)18-9-14-5-3-2-4-6-14/h2-6,15-16H,7-12H2,1H3,(H,18,22)/t15-,16+/m0/s1. The van der Waals surface area contributed by atoms with Crippen molar-refractivity contribution in [1.82, 2.24) is 15.1 Å². The van der Waals surface area contributed by atoms with Gasteiger partial charge in [-0.05, 0) is 24.3 Å². The molecule has 3 aliphatic heterocycles. The summed E-state index contributed by atoms with van der Waals surface area (Å²) in [5.41, 5.74) is 1.10. The third-order valence-corrected chi connectivity index (χ3v) is 4.71. The van der Waals surface area contributed by atoms with Crippen LogP contribution in [0.1, 0.15) is 25.3 Å². The van der Waals surface area contributed by atoms with E-state index in [2.05, 4.69) is 5.32 Å². The number of nitrogens with zero attached hydrogens (tertiary/aromatic N) is 2. The lowest BCUT2D eigenvalue weighted by Gasteiger charge is -2.36. The Hall–Kier alpha value is -2.04. The van der Waals surface area contributed by atoms with Crippen LogP contribution >= 0.6 is 0 Å². The number of benzene rings is 1. The zero-order chi connectivity index (χ0) is 15.5. The van der Waals surface area contributed by atoms with Gasteiger partial charge in [-0.25, -0.2) is 4.79 Å². The molecule has 3 amide bonds. The Labute approximate surface area is 131 Å². The second-order valence-corrected chi connectivity index (χ2v) is 6.32. The van der Waals surface area contributed by atoms with E-state index in [4.69, 9.17) is 0 Å². The quantitative estimate of drug-likeness (QED) is 0.906. The Balaban J connectivity index is 1.62. The molecule has 0 aromatic heterocycles. The molecule has 4 rings (SSSR count). The predicted molar refractivity (Wildman–Crippen MR) is 84.1 cm³/mol. The van der Waals surface area contributed by atoms with Crippen LogP contribution in [-0.4, -0.2) is 47.4 Å². The summed E-state index contributed by atoms with van der Waals surface area (Å²) in [5.74, 6) is 0.522. The molecule has 1 aromatic carbocycles. The summed E-state index contributed by atoms with van der Waals surface area (Å²) < 4.78 is 0. The SMILES string of the molecule is CC(=O)N1C[C@@H]2CC[C@H](C1)N(C(=O)NCc1ccccc1)C2. The van der Waals surface area contributed by atoms with Crippen molar-refractivity contribution in [3.63, 3.8) is 0 Å². The summed E-state index contributed by atoms with van der Waals surface area (Å²) in [6.45, 7) is 4.38. The molecule has 1 aromatic rings. The molecule has 0 spiro atoms. The highest BCUT2D eigenvalue weighted by molar-refractivity contribution is 5.76. The Morgan fingerprint density at radius 2 is 1.91 bits per heavy atom. The number of urea groups is 1. The van der Waals surface area contributed by atoms with Crippen LogP contribution in [0.15, 0.2) is 30.3 Å². The van der Waals surface area contributed by atoms with Gasteiger partial charge in [0.1, 0.15) is 0 Å². The number of hydrogen-bond donors (Lipinski definition) is 1. The van der Waals surface area contributed by atoms with Crippen LogP contribution in [0.25, 0.3) is 0 Å². The average molecular weight is 301 g/mol. The van der Waals surface area contributed by atoms with Crippen molar-refractivity contribution in [2.24, 2.45) is 5.92 Å². The summed E-state index contributed by atoms with van der Waals surface area (Å²) in [6, 6.07) is 10.1. The molecule has 0 radical (unpaired) electrons. The Kier molecular flexibility index (Phi) is 4.32. The van der Waals surface area contributed by atoms with Gasteiger partial charge in [-0.2, -0.15) is 0 Å². The first kappa shape index (κ1) is 14.9. The summed E-state index contributed by atoms with van der Waals surface area (Å²) in [7, 11) is 0. The monoisotopic (exact) mass is 301 g/mol. The molecule has 5 nitrogen and oxygen atoms in total. The van der Waals surface area contributed by atoms with Crippen LogP contribution in [0.2, 0.25) is 0 Å². The maximum atomic E-state index is 12.5. The van der Waals surface area contributed by atoms with Gasteiger partial charge in [-0.3, -0.25) is 4.79 Å². The molecular weight excluding hydrogens is 278 g/mol. The number of piperidine rings is 1. The van der Waals surface area contributed by atoms with Crippen LogP contribution in [0, 0.1) is 5.92 Å². The van der Waals surface area contributed by atoms with E-state index >= 15 is 0 Å². The van der Waals surface area contributed by atoms with Gasteiger partial charge in [0.05, 0.1) is 6.04 Å². The van der Waals surface area contributed by atoms with Crippen LogP contribution in [0.4, 0.5) is 4.79 Å². The van der Waals surface area contributed by atoms with Gasteiger partial charge >= 0.3 is 6.03 Å². The molecule has 0 unspecified atom stereocenters. The molecule has 5 heteroatoms. The first-order valence-corrected chi connectivity index (χ1v) is 7.97. The lowest BCUT2D eigenvalue weighted by molar-refractivity contribution is -0.129. The number of hydrogen-bond acceptors (Lipinski definition) is 2. The summed E-state index contributed by atoms with van der Waals surface area (Å²) >= 11 is 0. The zero-order valence-corrected chi connectivity index (χ0v) is 13.0. The van der Waals surface area contributed by atoms with E-state index in [-0.39, 0.29) is 18.0 Å². The van der Waals surface area contributed by atoms with Crippen molar-refractivity contribution in [3.8, 4) is 0 Å². The number of amides is 3. The number of fused-ring (bicyclic) bond motifs is 4. The maximum absolute atomic E-state index is 12.5. The molecule has 2 atom stereocenters. The van der Waals surface area contributed by atoms with Crippen LogP contribution in [0.3, 0.4) is 0 Å². The molecule has 22 heavy (non-hydrogen) atoms. The zero-order valence-electron chi connectivity index (χ0n) is 13.0. The first-order chi connectivity index (χ1) is 10.6. The van der Waals surface area contributed by atoms with Gasteiger partial charge in [-0.15, -0.1) is 0 Å². The molecule has 3 heterocycles. The molecule has 3 aliphatic rings. The molecule has 1 N–H and O–H groups in total. The predicted octanol–water partition coefficient (Wildman–Crippen LogP) is 1.84. The first-order valence-electron chi connectivity index (χ1n) is 7.97. The summed E-state index contributed by atoms with van der Waals surface area (Å²) in [4.78, 5) is 28.0. The lowest BCUT2D eigenvalue weighted by Crippen LogP contribution is -2.51. The Bertz CT molecular complexity index is 546. The highest BCUT2D eigenvalue weighted by Gasteiger charge is 2.37.